The van der Waals surface area contributed by atoms with Crippen LogP contribution in [0, 0.1) is 23.1 Å². The average molecular weight is 296 g/mol. The summed E-state index contributed by atoms with van der Waals surface area (Å²) in [5, 5.41) is 9.83. The fourth-order valence-electron chi connectivity index (χ4n) is 1.84. The second kappa shape index (κ2) is 4.50. The van der Waals surface area contributed by atoms with Crippen molar-refractivity contribution in [2.75, 3.05) is 0 Å². The Morgan fingerprint density at radius 3 is 2.76 bits per heavy atom. The van der Waals surface area contributed by atoms with Crippen molar-refractivity contribution in [2.45, 2.75) is 20.3 Å². The van der Waals surface area contributed by atoms with E-state index in [9.17, 15) is 4.39 Å². The van der Waals surface area contributed by atoms with Gasteiger partial charge in [0.1, 0.15) is 17.5 Å². The van der Waals surface area contributed by atoms with Crippen molar-refractivity contribution < 1.29 is 8.81 Å². The Morgan fingerprint density at radius 1 is 1.47 bits per heavy atom. The Hall–Kier alpha value is -1.34. The van der Waals surface area contributed by atoms with Gasteiger partial charge in [-0.1, -0.05) is 13.8 Å². The van der Waals surface area contributed by atoms with E-state index < -0.39 is 0 Å². The molecule has 2 nitrogen and oxygen atoms in total. The van der Waals surface area contributed by atoms with Crippen molar-refractivity contribution in [3.8, 4) is 6.07 Å². The first-order chi connectivity index (χ1) is 8.02. The molecule has 0 aliphatic heterocycles. The second-order valence-electron chi connectivity index (χ2n) is 4.38. The van der Waals surface area contributed by atoms with Crippen molar-refractivity contribution >= 4 is 26.9 Å². The van der Waals surface area contributed by atoms with Crippen molar-refractivity contribution in [1.82, 2.24) is 0 Å². The third-order valence-electron chi connectivity index (χ3n) is 2.55. The van der Waals surface area contributed by atoms with E-state index in [0.29, 0.717) is 16.0 Å². The van der Waals surface area contributed by atoms with Crippen LogP contribution in [0.15, 0.2) is 21.0 Å². The quantitative estimate of drug-likeness (QED) is 0.823. The van der Waals surface area contributed by atoms with Gasteiger partial charge in [0.15, 0.2) is 0 Å². The molecule has 1 aromatic carbocycles. The SMILES string of the molecule is CC(C)Cc1c(C#N)oc2cc(F)c(Br)cc12. The molecule has 1 heterocycles. The van der Waals surface area contributed by atoms with E-state index in [2.05, 4.69) is 29.8 Å². The zero-order chi connectivity index (χ0) is 12.6. The molecule has 17 heavy (non-hydrogen) atoms. The van der Waals surface area contributed by atoms with Crippen LogP contribution in [-0.4, -0.2) is 0 Å². The largest absolute Gasteiger partial charge is 0.445 e. The van der Waals surface area contributed by atoms with Gasteiger partial charge in [-0.05, 0) is 34.3 Å². The fourth-order valence-corrected chi connectivity index (χ4v) is 2.19. The zero-order valence-electron chi connectivity index (χ0n) is 9.55. The summed E-state index contributed by atoms with van der Waals surface area (Å²) in [7, 11) is 0. The molecule has 0 atom stereocenters. The Morgan fingerprint density at radius 2 is 2.18 bits per heavy atom. The summed E-state index contributed by atoms with van der Waals surface area (Å²) in [6.45, 7) is 4.14. The van der Waals surface area contributed by atoms with Gasteiger partial charge in [-0.25, -0.2) is 4.39 Å². The van der Waals surface area contributed by atoms with Crippen molar-refractivity contribution in [1.29, 1.82) is 5.26 Å². The summed E-state index contributed by atoms with van der Waals surface area (Å²) in [6, 6.07) is 5.01. The van der Waals surface area contributed by atoms with E-state index in [1.807, 2.05) is 6.07 Å². The summed E-state index contributed by atoms with van der Waals surface area (Å²) >= 11 is 3.15. The van der Waals surface area contributed by atoms with Gasteiger partial charge in [-0.2, -0.15) is 5.26 Å². The van der Waals surface area contributed by atoms with E-state index in [-0.39, 0.29) is 11.6 Å². The van der Waals surface area contributed by atoms with Crippen LogP contribution in [0.3, 0.4) is 0 Å². The van der Waals surface area contributed by atoms with Crippen molar-refractivity contribution in [2.24, 2.45) is 5.92 Å². The highest BCUT2D eigenvalue weighted by Gasteiger charge is 2.16. The third kappa shape index (κ3) is 2.20. The predicted molar refractivity (Wildman–Crippen MR) is 67.1 cm³/mol. The molecule has 0 aliphatic carbocycles. The third-order valence-corrected chi connectivity index (χ3v) is 3.16. The number of rotatable bonds is 2. The number of furan rings is 1. The summed E-state index contributed by atoms with van der Waals surface area (Å²) in [5.74, 6) is 0.310. The summed E-state index contributed by atoms with van der Waals surface area (Å²) in [4.78, 5) is 0. The smallest absolute Gasteiger partial charge is 0.207 e. The van der Waals surface area contributed by atoms with Crippen LogP contribution in [0.1, 0.15) is 25.2 Å². The lowest BCUT2D eigenvalue weighted by molar-refractivity contribution is 0.572. The van der Waals surface area contributed by atoms with Crippen LogP contribution in [-0.2, 0) is 6.42 Å². The molecule has 4 heteroatoms. The Bertz CT molecular complexity index is 610. The van der Waals surface area contributed by atoms with Gasteiger partial charge in [0.05, 0.1) is 4.47 Å². The fraction of sp³-hybridized carbons (Fsp3) is 0.308. The maximum atomic E-state index is 13.4. The van der Waals surface area contributed by atoms with Crippen LogP contribution in [0.2, 0.25) is 0 Å². The highest BCUT2D eigenvalue weighted by molar-refractivity contribution is 9.10. The summed E-state index contributed by atoms with van der Waals surface area (Å²) in [6.07, 6.45) is 0.744. The first kappa shape index (κ1) is 12.1. The van der Waals surface area contributed by atoms with E-state index in [0.717, 1.165) is 17.4 Å². The van der Waals surface area contributed by atoms with Gasteiger partial charge in [-0.15, -0.1) is 0 Å². The van der Waals surface area contributed by atoms with Crippen LogP contribution in [0.25, 0.3) is 11.0 Å². The molecule has 0 amide bonds. The highest BCUT2D eigenvalue weighted by Crippen LogP contribution is 2.31. The van der Waals surface area contributed by atoms with Crippen molar-refractivity contribution in [3.63, 3.8) is 0 Å². The number of nitriles is 1. The maximum Gasteiger partial charge on any atom is 0.207 e. The van der Waals surface area contributed by atoms with Gasteiger partial charge in [0, 0.05) is 17.0 Å². The second-order valence-corrected chi connectivity index (χ2v) is 5.24. The zero-order valence-corrected chi connectivity index (χ0v) is 11.1. The lowest BCUT2D eigenvalue weighted by Gasteiger charge is -2.02. The number of fused-ring (bicyclic) bond motifs is 1. The molecule has 0 saturated carbocycles. The number of hydrogen-bond donors (Lipinski definition) is 0. The van der Waals surface area contributed by atoms with E-state index in [4.69, 9.17) is 9.68 Å². The number of nitrogens with zero attached hydrogens (tertiary/aromatic N) is 1. The lowest BCUT2D eigenvalue weighted by Crippen LogP contribution is -1.95. The molecular weight excluding hydrogens is 285 g/mol. The van der Waals surface area contributed by atoms with Crippen molar-refractivity contribution in [3.05, 3.63) is 33.7 Å². The molecule has 0 N–H and O–H groups in total. The molecule has 2 aromatic rings. The predicted octanol–water partition coefficient (Wildman–Crippen LogP) is 4.40. The molecule has 1 aromatic heterocycles. The number of hydrogen-bond acceptors (Lipinski definition) is 2. The molecule has 88 valence electrons. The number of benzene rings is 1. The van der Waals surface area contributed by atoms with Gasteiger partial charge in [0.25, 0.3) is 0 Å². The molecular formula is C13H11BrFNO. The van der Waals surface area contributed by atoms with E-state index in [1.165, 1.54) is 6.07 Å². The molecule has 0 radical (unpaired) electrons. The van der Waals surface area contributed by atoms with Gasteiger partial charge >= 0.3 is 0 Å². The van der Waals surface area contributed by atoms with Crippen LogP contribution < -0.4 is 0 Å². The highest BCUT2D eigenvalue weighted by atomic mass is 79.9. The van der Waals surface area contributed by atoms with Crippen LogP contribution in [0.5, 0.6) is 0 Å². The van der Waals surface area contributed by atoms with Crippen LogP contribution in [0.4, 0.5) is 4.39 Å². The molecule has 0 aliphatic rings. The standard InChI is InChI=1S/C13H11BrFNO/c1-7(2)3-8-9-4-10(14)11(15)5-12(9)17-13(8)6-16/h4-5,7H,3H2,1-2H3. The van der Waals surface area contributed by atoms with Gasteiger partial charge in [0.2, 0.25) is 5.76 Å². The Balaban J connectivity index is 2.71. The first-order valence-corrected chi connectivity index (χ1v) is 6.12. The normalized spacial score (nSPS) is 11.1. The van der Waals surface area contributed by atoms with Gasteiger partial charge in [-0.3, -0.25) is 0 Å². The molecule has 0 spiro atoms. The molecule has 2 rings (SSSR count). The topological polar surface area (TPSA) is 36.9 Å². The minimum Gasteiger partial charge on any atom is -0.445 e. The Labute approximate surface area is 107 Å². The van der Waals surface area contributed by atoms with Gasteiger partial charge < -0.3 is 4.42 Å². The minimum atomic E-state index is -0.383. The minimum absolute atomic E-state index is 0.284. The molecule has 0 bridgehead atoms. The van der Waals surface area contributed by atoms with Crippen LogP contribution >= 0.6 is 15.9 Å². The summed E-state index contributed by atoms with van der Waals surface area (Å²) < 4.78 is 19.1. The monoisotopic (exact) mass is 295 g/mol. The molecule has 0 saturated heterocycles. The summed E-state index contributed by atoms with van der Waals surface area (Å²) in [5.41, 5.74) is 1.29. The average Bonchev–Trinajstić information content (AvgIpc) is 2.57. The van der Waals surface area contributed by atoms with E-state index >= 15 is 0 Å². The van der Waals surface area contributed by atoms with E-state index in [1.54, 1.807) is 6.07 Å². The first-order valence-electron chi connectivity index (χ1n) is 5.33. The number of halogens is 2. The maximum absolute atomic E-state index is 13.4. The lowest BCUT2D eigenvalue weighted by atomic mass is 10.00. The molecule has 0 unspecified atom stereocenters. The molecule has 0 fully saturated rings. The Kier molecular flexibility index (Phi) is 3.21.